The Morgan fingerprint density at radius 3 is 1.70 bits per heavy atom. The van der Waals surface area contributed by atoms with E-state index >= 15 is 0 Å². The van der Waals surface area contributed by atoms with Gasteiger partial charge in [0, 0.05) is 0 Å². The first-order valence-corrected chi connectivity index (χ1v) is 3.78. The van der Waals surface area contributed by atoms with Crippen LogP contribution in [0.4, 0.5) is 0 Å². The minimum absolute atomic E-state index is 1.11. The zero-order valence-corrected chi connectivity index (χ0v) is 6.57. The molecule has 0 unspecified atom stereocenters. The van der Waals surface area contributed by atoms with Crippen molar-refractivity contribution in [2.45, 2.75) is 26.7 Å². The fourth-order valence-corrected chi connectivity index (χ4v) is 1.10. The van der Waals surface area contributed by atoms with E-state index < -0.39 is 0 Å². The third-order valence-electron chi connectivity index (χ3n) is 1.75. The summed E-state index contributed by atoms with van der Waals surface area (Å²) < 4.78 is 0. The molecule has 0 spiro atoms. The fraction of sp³-hybridized carbons (Fsp3) is 0.400. The van der Waals surface area contributed by atoms with Crippen LogP contribution in [0.3, 0.4) is 0 Å². The summed E-state index contributed by atoms with van der Waals surface area (Å²) >= 11 is 0. The normalized spacial score (nSPS) is 9.80. The van der Waals surface area contributed by atoms with E-state index in [9.17, 15) is 0 Å². The number of hydrogen-bond acceptors (Lipinski definition) is 0. The van der Waals surface area contributed by atoms with Crippen LogP contribution in [0.15, 0.2) is 12.1 Å². The second-order valence-corrected chi connectivity index (χ2v) is 2.33. The Bertz CT molecular complexity index is 178. The SMILES string of the molecule is CCc1c[c][c]cc1CC. The van der Waals surface area contributed by atoms with Crippen molar-refractivity contribution in [3.8, 4) is 0 Å². The highest BCUT2D eigenvalue weighted by atomic mass is 14.0. The van der Waals surface area contributed by atoms with Gasteiger partial charge in [-0.15, -0.1) is 0 Å². The van der Waals surface area contributed by atoms with E-state index in [1.807, 2.05) is 12.1 Å². The van der Waals surface area contributed by atoms with E-state index in [1.54, 1.807) is 0 Å². The van der Waals surface area contributed by atoms with Crippen molar-refractivity contribution in [1.29, 1.82) is 0 Å². The third kappa shape index (κ3) is 1.38. The van der Waals surface area contributed by atoms with Gasteiger partial charge in [-0.2, -0.15) is 0 Å². The first-order valence-electron chi connectivity index (χ1n) is 3.78. The number of hydrogen-bond donors (Lipinski definition) is 0. The summed E-state index contributed by atoms with van der Waals surface area (Å²) in [6.07, 6.45) is 2.21. The van der Waals surface area contributed by atoms with Crippen LogP contribution >= 0.6 is 0 Å². The summed E-state index contributed by atoms with van der Waals surface area (Å²) in [7, 11) is 0. The quantitative estimate of drug-likeness (QED) is 0.579. The largest absolute Gasteiger partial charge is 0.0613 e. The van der Waals surface area contributed by atoms with Gasteiger partial charge in [-0.3, -0.25) is 0 Å². The second kappa shape index (κ2) is 3.40. The van der Waals surface area contributed by atoms with E-state index in [-0.39, 0.29) is 0 Å². The van der Waals surface area contributed by atoms with Gasteiger partial charge in [0.15, 0.2) is 0 Å². The standard InChI is InChI=1S/C10H12/c1-3-9-7-5-6-8-10(9)4-2/h7-8H,3-4H2,1-2H3. The Morgan fingerprint density at radius 1 is 1.00 bits per heavy atom. The lowest BCUT2D eigenvalue weighted by molar-refractivity contribution is 1.04. The van der Waals surface area contributed by atoms with Gasteiger partial charge in [-0.25, -0.2) is 0 Å². The van der Waals surface area contributed by atoms with Crippen molar-refractivity contribution in [3.63, 3.8) is 0 Å². The molecule has 0 aliphatic carbocycles. The summed E-state index contributed by atoms with van der Waals surface area (Å²) in [6.45, 7) is 4.34. The molecule has 10 heavy (non-hydrogen) atoms. The van der Waals surface area contributed by atoms with Crippen molar-refractivity contribution in [2.24, 2.45) is 0 Å². The van der Waals surface area contributed by atoms with Gasteiger partial charge in [0.2, 0.25) is 0 Å². The van der Waals surface area contributed by atoms with Gasteiger partial charge in [0.05, 0.1) is 0 Å². The molecule has 0 aliphatic rings. The van der Waals surface area contributed by atoms with E-state index in [1.165, 1.54) is 11.1 Å². The van der Waals surface area contributed by atoms with E-state index in [0.29, 0.717) is 0 Å². The van der Waals surface area contributed by atoms with Crippen LogP contribution in [0.1, 0.15) is 25.0 Å². The average molecular weight is 132 g/mol. The van der Waals surface area contributed by atoms with Gasteiger partial charge >= 0.3 is 0 Å². The molecule has 0 atom stereocenters. The first kappa shape index (κ1) is 7.33. The molecular weight excluding hydrogens is 120 g/mol. The Labute approximate surface area is 62.9 Å². The molecule has 0 heterocycles. The van der Waals surface area contributed by atoms with E-state index in [4.69, 9.17) is 0 Å². The summed E-state index contributed by atoms with van der Waals surface area (Å²) in [6, 6.07) is 9.98. The molecule has 1 aromatic rings. The smallest absolute Gasteiger partial charge is 0.00959 e. The summed E-state index contributed by atoms with van der Waals surface area (Å²) in [5.74, 6) is 0. The van der Waals surface area contributed by atoms with Crippen molar-refractivity contribution >= 4 is 0 Å². The molecule has 0 nitrogen and oxygen atoms in total. The Balaban J connectivity index is 2.96. The zero-order chi connectivity index (χ0) is 7.40. The number of benzene rings is 1. The molecule has 0 N–H and O–H groups in total. The molecule has 0 saturated heterocycles. The van der Waals surface area contributed by atoms with E-state index in [2.05, 4.69) is 26.0 Å². The molecular formula is C10H12. The molecule has 0 bridgehead atoms. The minimum Gasteiger partial charge on any atom is -0.0613 e. The van der Waals surface area contributed by atoms with Gasteiger partial charge in [0.1, 0.15) is 0 Å². The lowest BCUT2D eigenvalue weighted by Crippen LogP contribution is -1.88. The van der Waals surface area contributed by atoms with Gasteiger partial charge < -0.3 is 0 Å². The molecule has 52 valence electrons. The predicted molar refractivity (Wildman–Crippen MR) is 42.9 cm³/mol. The molecule has 1 rings (SSSR count). The molecule has 0 aromatic heterocycles. The Kier molecular flexibility index (Phi) is 2.49. The first-order chi connectivity index (χ1) is 4.88. The highest BCUT2D eigenvalue weighted by Crippen LogP contribution is 2.08. The van der Waals surface area contributed by atoms with Crippen molar-refractivity contribution in [1.82, 2.24) is 0 Å². The Morgan fingerprint density at radius 2 is 1.40 bits per heavy atom. The highest BCUT2D eigenvalue weighted by molar-refractivity contribution is 5.25. The number of rotatable bonds is 2. The number of aryl methyl sites for hydroxylation is 2. The second-order valence-electron chi connectivity index (χ2n) is 2.33. The van der Waals surface area contributed by atoms with Crippen LogP contribution in [0.25, 0.3) is 0 Å². The maximum atomic E-state index is 2.96. The highest BCUT2D eigenvalue weighted by Gasteiger charge is 1.94. The van der Waals surface area contributed by atoms with Crippen molar-refractivity contribution < 1.29 is 0 Å². The van der Waals surface area contributed by atoms with Gasteiger partial charge in [0.25, 0.3) is 0 Å². The van der Waals surface area contributed by atoms with E-state index in [0.717, 1.165) is 12.8 Å². The summed E-state index contributed by atoms with van der Waals surface area (Å²) in [5.41, 5.74) is 2.81. The molecule has 1 aromatic carbocycles. The third-order valence-corrected chi connectivity index (χ3v) is 1.75. The van der Waals surface area contributed by atoms with Gasteiger partial charge in [-0.05, 0) is 36.1 Å². The molecule has 0 saturated carbocycles. The average Bonchev–Trinajstić information content (AvgIpc) is 2.04. The minimum atomic E-state index is 1.11. The van der Waals surface area contributed by atoms with Crippen LogP contribution in [0.5, 0.6) is 0 Å². The van der Waals surface area contributed by atoms with Crippen LogP contribution in [-0.2, 0) is 12.8 Å². The molecule has 0 heteroatoms. The Hall–Kier alpha value is -0.780. The maximum absolute atomic E-state index is 2.96. The van der Waals surface area contributed by atoms with Crippen LogP contribution in [-0.4, -0.2) is 0 Å². The van der Waals surface area contributed by atoms with Crippen LogP contribution in [0.2, 0.25) is 0 Å². The lowest BCUT2D eigenvalue weighted by atomic mass is 10.0. The summed E-state index contributed by atoms with van der Waals surface area (Å²) in [5, 5.41) is 0. The predicted octanol–water partition coefficient (Wildman–Crippen LogP) is 2.41. The topological polar surface area (TPSA) is 0 Å². The van der Waals surface area contributed by atoms with Crippen LogP contribution < -0.4 is 0 Å². The molecule has 0 fully saturated rings. The zero-order valence-electron chi connectivity index (χ0n) is 6.57. The molecule has 2 radical (unpaired) electrons. The maximum Gasteiger partial charge on any atom is -0.00959 e. The van der Waals surface area contributed by atoms with Crippen LogP contribution in [0, 0.1) is 12.1 Å². The lowest BCUT2D eigenvalue weighted by Gasteiger charge is -2.01. The molecule has 0 aliphatic heterocycles. The monoisotopic (exact) mass is 132 g/mol. The van der Waals surface area contributed by atoms with Crippen molar-refractivity contribution in [2.75, 3.05) is 0 Å². The van der Waals surface area contributed by atoms with Crippen molar-refractivity contribution in [3.05, 3.63) is 35.4 Å². The summed E-state index contributed by atoms with van der Waals surface area (Å²) in [4.78, 5) is 0. The fourth-order valence-electron chi connectivity index (χ4n) is 1.10. The molecule has 0 amide bonds. The van der Waals surface area contributed by atoms with Gasteiger partial charge in [-0.1, -0.05) is 26.0 Å².